The van der Waals surface area contributed by atoms with E-state index in [1.807, 2.05) is 30.3 Å². The van der Waals surface area contributed by atoms with Gasteiger partial charge in [0.1, 0.15) is 11.2 Å². The third-order valence-corrected chi connectivity index (χ3v) is 12.4. The van der Waals surface area contributed by atoms with Crippen molar-refractivity contribution in [2.45, 2.75) is 0 Å². The summed E-state index contributed by atoms with van der Waals surface area (Å²) in [6.45, 7) is 0. The molecule has 0 aliphatic carbocycles. The van der Waals surface area contributed by atoms with Crippen LogP contribution >= 0.6 is 0 Å². The largest absolute Gasteiger partial charge is 0.455 e. The van der Waals surface area contributed by atoms with Crippen LogP contribution in [0.3, 0.4) is 0 Å². The van der Waals surface area contributed by atoms with E-state index in [2.05, 4.69) is 180 Å². The summed E-state index contributed by atoms with van der Waals surface area (Å²) in [5.74, 6) is 1.72. The van der Waals surface area contributed by atoms with Gasteiger partial charge in [-0.2, -0.15) is 9.97 Å². The van der Waals surface area contributed by atoms with E-state index < -0.39 is 0 Å². The third kappa shape index (κ3) is 5.25. The highest BCUT2D eigenvalue weighted by Gasteiger charge is 2.25. The third-order valence-electron chi connectivity index (χ3n) is 12.4. The molecular weight excluding hydrogens is 757 g/mol. The monoisotopic (exact) mass is 790 g/mol. The topological polar surface area (TPSA) is 56.7 Å². The molecule has 288 valence electrons. The van der Waals surface area contributed by atoms with Crippen molar-refractivity contribution in [2.75, 3.05) is 0 Å². The smallest absolute Gasteiger partial charge is 0.238 e. The Balaban J connectivity index is 1.14. The van der Waals surface area contributed by atoms with Crippen LogP contribution in [0.2, 0.25) is 0 Å². The molecule has 0 fully saturated rings. The molecule has 3 heterocycles. The minimum Gasteiger partial charge on any atom is -0.455 e. The second-order valence-electron chi connectivity index (χ2n) is 15.9. The van der Waals surface area contributed by atoms with Crippen LogP contribution in [0.25, 0.3) is 127 Å². The van der Waals surface area contributed by atoms with Gasteiger partial charge in [0, 0.05) is 32.8 Å². The first-order chi connectivity index (χ1) is 30.7. The Labute approximate surface area is 355 Å². The van der Waals surface area contributed by atoms with Crippen LogP contribution in [0.15, 0.2) is 211 Å². The minimum atomic E-state index is 0.529. The first kappa shape index (κ1) is 34.5. The standard InChI is InChI=1S/C57H34N4O/c1-3-15-35(16-4-1)36-27-29-38(30-28-36)56-58-55(37-17-5-2-6-18-37)59-57(60-56)61-50-25-13-11-24-46(50)52-53(61)47(34-49-45-23-12-14-26-51(45)62-54(49)52)39-31-32-44-42-21-8-7-19-40(42)41-20-9-10-22-43(41)48(44)33-39/h1-34H. The Morgan fingerprint density at radius 3 is 1.50 bits per heavy atom. The lowest BCUT2D eigenvalue weighted by molar-refractivity contribution is 0.673. The highest BCUT2D eigenvalue weighted by Crippen LogP contribution is 2.46. The maximum atomic E-state index is 6.86. The van der Waals surface area contributed by atoms with Gasteiger partial charge in [-0.05, 0) is 73.3 Å². The highest BCUT2D eigenvalue weighted by atomic mass is 16.3. The zero-order valence-electron chi connectivity index (χ0n) is 33.3. The van der Waals surface area contributed by atoms with Crippen molar-refractivity contribution in [1.82, 2.24) is 19.5 Å². The molecule has 0 spiro atoms. The summed E-state index contributed by atoms with van der Waals surface area (Å²) in [6.07, 6.45) is 0. The maximum Gasteiger partial charge on any atom is 0.238 e. The lowest BCUT2D eigenvalue weighted by Crippen LogP contribution is -2.07. The average Bonchev–Trinajstić information content (AvgIpc) is 3.90. The van der Waals surface area contributed by atoms with E-state index >= 15 is 0 Å². The van der Waals surface area contributed by atoms with Crippen LogP contribution in [-0.4, -0.2) is 19.5 Å². The molecule has 0 saturated carbocycles. The predicted octanol–water partition coefficient (Wildman–Crippen LogP) is 15.0. The Morgan fingerprint density at radius 2 is 0.823 bits per heavy atom. The van der Waals surface area contributed by atoms with Crippen LogP contribution in [0.1, 0.15) is 0 Å². The van der Waals surface area contributed by atoms with E-state index in [1.165, 1.54) is 32.3 Å². The molecule has 0 saturated heterocycles. The van der Waals surface area contributed by atoms with Gasteiger partial charge in [-0.15, -0.1) is 0 Å². The number of hydrogen-bond donors (Lipinski definition) is 0. The summed E-state index contributed by atoms with van der Waals surface area (Å²) >= 11 is 0. The van der Waals surface area contributed by atoms with Crippen LogP contribution in [0, 0.1) is 0 Å². The summed E-state index contributed by atoms with van der Waals surface area (Å²) in [4.78, 5) is 15.8. The first-order valence-electron chi connectivity index (χ1n) is 20.9. The lowest BCUT2D eigenvalue weighted by Gasteiger charge is -2.15. The van der Waals surface area contributed by atoms with Crippen LogP contribution in [-0.2, 0) is 0 Å². The Bertz CT molecular complexity index is 3870. The molecule has 13 rings (SSSR count). The van der Waals surface area contributed by atoms with E-state index in [-0.39, 0.29) is 0 Å². The molecular formula is C57H34N4O. The Morgan fingerprint density at radius 1 is 0.339 bits per heavy atom. The minimum absolute atomic E-state index is 0.529. The normalized spacial score (nSPS) is 11.9. The molecule has 3 aromatic heterocycles. The summed E-state index contributed by atoms with van der Waals surface area (Å²) in [7, 11) is 0. The molecule has 0 atom stereocenters. The molecule has 5 heteroatoms. The fourth-order valence-corrected chi connectivity index (χ4v) is 9.59. The van der Waals surface area contributed by atoms with Crippen LogP contribution in [0.4, 0.5) is 0 Å². The summed E-state index contributed by atoms with van der Waals surface area (Å²) in [5, 5.41) is 11.6. The van der Waals surface area contributed by atoms with Gasteiger partial charge in [0.05, 0.1) is 16.4 Å². The van der Waals surface area contributed by atoms with Crippen molar-refractivity contribution in [3.8, 4) is 51.0 Å². The SMILES string of the molecule is c1ccc(-c2ccc(-c3nc(-c4ccccc4)nc(-n4c5ccccc5c5c6oc7ccccc7c6cc(-c6ccc7c8ccccc8c8ccccc8c7c6)c54)n3)cc2)cc1. The van der Waals surface area contributed by atoms with Gasteiger partial charge in [0.2, 0.25) is 5.95 Å². The Hall–Kier alpha value is -8.41. The van der Waals surface area contributed by atoms with Crippen LogP contribution in [0.5, 0.6) is 0 Å². The van der Waals surface area contributed by atoms with Crippen molar-refractivity contribution in [1.29, 1.82) is 0 Å². The summed E-state index contributed by atoms with van der Waals surface area (Å²) in [5.41, 5.74) is 9.88. The fourth-order valence-electron chi connectivity index (χ4n) is 9.59. The molecule has 0 radical (unpaired) electrons. The highest BCUT2D eigenvalue weighted by molar-refractivity contribution is 6.29. The van der Waals surface area contributed by atoms with Gasteiger partial charge in [-0.25, -0.2) is 4.98 Å². The van der Waals surface area contributed by atoms with Crippen molar-refractivity contribution < 1.29 is 4.42 Å². The van der Waals surface area contributed by atoms with Gasteiger partial charge in [0.15, 0.2) is 11.6 Å². The molecule has 0 amide bonds. The molecule has 0 bridgehead atoms. The number of fused-ring (bicyclic) bond motifs is 13. The molecule has 10 aromatic carbocycles. The number of aromatic nitrogens is 4. The van der Waals surface area contributed by atoms with E-state index in [4.69, 9.17) is 19.4 Å². The van der Waals surface area contributed by atoms with Crippen molar-refractivity contribution in [3.63, 3.8) is 0 Å². The molecule has 0 unspecified atom stereocenters. The summed E-state index contributed by atoms with van der Waals surface area (Å²) in [6, 6.07) is 72.7. The molecule has 62 heavy (non-hydrogen) atoms. The molecule has 13 aromatic rings. The van der Waals surface area contributed by atoms with E-state index in [9.17, 15) is 0 Å². The number of hydrogen-bond acceptors (Lipinski definition) is 4. The van der Waals surface area contributed by atoms with Gasteiger partial charge >= 0.3 is 0 Å². The number of nitrogens with zero attached hydrogens (tertiary/aromatic N) is 4. The predicted molar refractivity (Wildman–Crippen MR) is 256 cm³/mol. The zero-order chi connectivity index (χ0) is 40.7. The maximum absolute atomic E-state index is 6.86. The second-order valence-corrected chi connectivity index (χ2v) is 15.9. The van der Waals surface area contributed by atoms with Gasteiger partial charge in [-0.1, -0.05) is 182 Å². The van der Waals surface area contributed by atoms with Crippen LogP contribution < -0.4 is 0 Å². The quantitative estimate of drug-likeness (QED) is 0.163. The molecule has 0 aliphatic heterocycles. The second kappa shape index (κ2) is 13.6. The summed E-state index contributed by atoms with van der Waals surface area (Å²) < 4.78 is 9.08. The fraction of sp³-hybridized carbons (Fsp3) is 0. The lowest BCUT2D eigenvalue weighted by atomic mass is 9.91. The number of benzene rings is 10. The zero-order valence-corrected chi connectivity index (χ0v) is 33.3. The number of para-hydroxylation sites is 2. The first-order valence-corrected chi connectivity index (χ1v) is 20.9. The molecule has 5 nitrogen and oxygen atoms in total. The van der Waals surface area contributed by atoms with Crippen molar-refractivity contribution in [2.24, 2.45) is 0 Å². The van der Waals surface area contributed by atoms with Gasteiger partial charge < -0.3 is 4.42 Å². The van der Waals surface area contributed by atoms with E-state index in [1.54, 1.807) is 0 Å². The molecule has 0 aliphatic rings. The van der Waals surface area contributed by atoms with E-state index in [0.29, 0.717) is 17.6 Å². The average molecular weight is 791 g/mol. The Kier molecular flexibility index (Phi) is 7.54. The number of furan rings is 1. The van der Waals surface area contributed by atoms with Crippen molar-refractivity contribution in [3.05, 3.63) is 206 Å². The number of rotatable bonds is 5. The molecule has 0 N–H and O–H groups in total. The van der Waals surface area contributed by atoms with Crippen molar-refractivity contribution >= 4 is 76.1 Å². The van der Waals surface area contributed by atoms with Gasteiger partial charge in [0.25, 0.3) is 0 Å². The van der Waals surface area contributed by atoms with E-state index in [0.717, 1.165) is 77.1 Å². The van der Waals surface area contributed by atoms with Gasteiger partial charge in [-0.3, -0.25) is 4.57 Å².